The van der Waals surface area contributed by atoms with Crippen LogP contribution in [0, 0.1) is 22.7 Å². The molecule has 0 saturated heterocycles. The Kier molecular flexibility index (Phi) is 6.30. The molecule has 1 heterocycles. The highest BCUT2D eigenvalue weighted by Gasteiger charge is 2.70. The number of esters is 1. The summed E-state index contributed by atoms with van der Waals surface area (Å²) < 4.78 is 43.1. The summed E-state index contributed by atoms with van der Waals surface area (Å²) in [6, 6.07) is 2.81. The summed E-state index contributed by atoms with van der Waals surface area (Å²) in [5.41, 5.74) is -7.74. The molecule has 0 aromatic carbocycles. The Morgan fingerprint density at radius 2 is 1.92 bits per heavy atom. The lowest BCUT2D eigenvalue weighted by Crippen LogP contribution is -2.61. The number of aliphatic hydroxyl groups is 1. The summed E-state index contributed by atoms with van der Waals surface area (Å²) in [6.07, 6.45) is 1.33. The largest absolute Gasteiger partial charge is 0.478 e. The topological polar surface area (TPSA) is 114 Å². The number of hydrogen-bond acceptors (Lipinski definition) is 6. The third-order valence-corrected chi connectivity index (χ3v) is 9.22. The first kappa shape index (κ1) is 26.3. The van der Waals surface area contributed by atoms with Crippen LogP contribution in [0.5, 0.6) is 0 Å². The smallest absolute Gasteiger partial charge is 0.375 e. The van der Waals surface area contributed by atoms with Crippen molar-refractivity contribution in [1.29, 1.82) is 0 Å². The van der Waals surface area contributed by atoms with Gasteiger partial charge in [-0.2, -0.15) is 0 Å². The molecule has 0 spiro atoms. The fourth-order valence-corrected chi connectivity index (χ4v) is 6.78. The first-order valence-corrected chi connectivity index (χ1v) is 12.2. The number of ketones is 1. The minimum absolute atomic E-state index is 0.0394. The number of carbonyl (C=O) groups is 3. The van der Waals surface area contributed by atoms with Crippen LogP contribution >= 0.6 is 0 Å². The van der Waals surface area contributed by atoms with Crippen LogP contribution in [0.2, 0.25) is 0 Å². The maximum Gasteiger partial charge on any atom is 0.375 e. The Morgan fingerprint density at radius 3 is 2.53 bits per heavy atom. The molecule has 1 aromatic heterocycles. The fraction of sp³-hybridized carbons (Fsp3) is 0.593. The number of alkyl halides is 2. The molecule has 3 aliphatic carbocycles. The number of furan rings is 1. The van der Waals surface area contributed by atoms with Crippen LogP contribution in [0.25, 0.3) is 0 Å². The molecule has 0 radical (unpaired) electrons. The molecule has 1 unspecified atom stereocenters. The lowest BCUT2D eigenvalue weighted by Gasteiger charge is -2.51. The number of allylic oxidation sites excluding steroid dienone is 4. The van der Waals surface area contributed by atoms with Gasteiger partial charge in [-0.15, -0.1) is 0 Å². The monoisotopic (exact) mass is 506 g/mol. The molecule has 2 N–H and O–H groups in total. The maximum absolute atomic E-state index is 16.6. The maximum atomic E-state index is 16.6. The zero-order chi connectivity index (χ0) is 26.7. The van der Waals surface area contributed by atoms with E-state index in [0.717, 1.165) is 19.1 Å². The van der Waals surface area contributed by atoms with Gasteiger partial charge in [0.2, 0.25) is 11.4 Å². The van der Waals surface area contributed by atoms with Crippen molar-refractivity contribution in [3.8, 4) is 0 Å². The van der Waals surface area contributed by atoms with Crippen LogP contribution in [0.1, 0.15) is 63.9 Å². The zero-order valence-electron chi connectivity index (χ0n) is 20.8. The molecule has 0 amide bonds. The van der Waals surface area contributed by atoms with Crippen molar-refractivity contribution in [2.24, 2.45) is 22.7 Å². The van der Waals surface area contributed by atoms with E-state index in [-0.39, 0.29) is 37.0 Å². The molecular weight excluding hydrogens is 474 g/mol. The zero-order valence-corrected chi connectivity index (χ0v) is 20.8. The van der Waals surface area contributed by atoms with Gasteiger partial charge < -0.3 is 19.4 Å². The Morgan fingerprint density at radius 1 is 1.22 bits per heavy atom. The number of ether oxygens (including phenoxy) is 1. The summed E-state index contributed by atoms with van der Waals surface area (Å²) in [4.78, 5) is 37.9. The van der Waals surface area contributed by atoms with Crippen LogP contribution in [0.3, 0.4) is 0 Å². The van der Waals surface area contributed by atoms with Gasteiger partial charge in [0.05, 0.1) is 12.4 Å². The van der Waals surface area contributed by atoms with Gasteiger partial charge in [0.15, 0.2) is 5.78 Å². The Balaban J connectivity index is 1.83. The first-order chi connectivity index (χ1) is 16.7. The van der Waals surface area contributed by atoms with Crippen LogP contribution in [-0.2, 0) is 14.3 Å². The minimum Gasteiger partial charge on any atom is -0.478 e. The highest BCUT2D eigenvalue weighted by Crippen LogP contribution is 2.62. The predicted molar refractivity (Wildman–Crippen MR) is 124 cm³/mol. The van der Waals surface area contributed by atoms with E-state index in [0.29, 0.717) is 0 Å². The quantitative estimate of drug-likeness (QED) is 0.576. The molecule has 2 saturated carbocycles. The normalized spacial score (nSPS) is 42.8. The average molecular weight is 507 g/mol. The summed E-state index contributed by atoms with van der Waals surface area (Å²) in [5, 5.41) is 21.8. The van der Waals surface area contributed by atoms with Crippen LogP contribution in [0.4, 0.5) is 8.78 Å². The van der Waals surface area contributed by atoms with E-state index in [1.54, 1.807) is 13.8 Å². The Bertz CT molecular complexity index is 1120. The van der Waals surface area contributed by atoms with E-state index >= 15 is 8.78 Å². The van der Waals surface area contributed by atoms with Crippen LogP contribution in [-0.4, -0.2) is 51.5 Å². The number of carboxylic acid groups (broad SMARTS) is 1. The number of rotatable bonds is 3. The Labute approximate surface area is 208 Å². The molecule has 4 rings (SSSR count). The number of aliphatic carboxylic acids is 1. The fourth-order valence-electron chi connectivity index (χ4n) is 6.78. The third-order valence-electron chi connectivity index (χ3n) is 9.22. The van der Waals surface area contributed by atoms with Crippen molar-refractivity contribution < 1.29 is 42.5 Å². The van der Waals surface area contributed by atoms with Crippen molar-refractivity contribution in [2.75, 3.05) is 0 Å². The number of halogens is 2. The second kappa shape index (κ2) is 8.64. The number of carbonyl (C=O) groups excluding carboxylic acids is 2. The van der Waals surface area contributed by atoms with E-state index in [1.807, 2.05) is 0 Å². The molecule has 9 heteroatoms. The average Bonchev–Trinajstić information content (AvgIpc) is 3.41. The first-order valence-electron chi connectivity index (χ1n) is 12.2. The molecule has 7 nitrogen and oxygen atoms in total. The summed E-state index contributed by atoms with van der Waals surface area (Å²) in [5.74, 6) is -4.29. The summed E-state index contributed by atoms with van der Waals surface area (Å²) >= 11 is 0. The number of fused-ring (bicyclic) bond motifs is 2. The van der Waals surface area contributed by atoms with Gasteiger partial charge in [-0.25, -0.2) is 18.4 Å². The van der Waals surface area contributed by atoms with Crippen molar-refractivity contribution in [3.63, 3.8) is 0 Å². The predicted octanol–water partition coefficient (Wildman–Crippen LogP) is 4.60. The van der Waals surface area contributed by atoms with Gasteiger partial charge >= 0.3 is 11.9 Å². The molecule has 3 aliphatic rings. The number of hydrogen-bond donors (Lipinski definition) is 2. The molecule has 1 aromatic rings. The van der Waals surface area contributed by atoms with E-state index in [1.165, 1.54) is 31.4 Å². The van der Waals surface area contributed by atoms with Crippen molar-refractivity contribution in [2.45, 2.75) is 76.9 Å². The van der Waals surface area contributed by atoms with Gasteiger partial charge in [-0.1, -0.05) is 19.9 Å². The molecule has 8 atom stereocenters. The summed E-state index contributed by atoms with van der Waals surface area (Å²) in [7, 11) is 0. The van der Waals surface area contributed by atoms with Gasteiger partial charge in [-0.3, -0.25) is 4.79 Å². The highest BCUT2D eigenvalue weighted by molar-refractivity contribution is 6.01. The number of carboxylic acids is 1. The lowest BCUT2D eigenvalue weighted by atomic mass is 9.57. The molecule has 0 aliphatic heterocycles. The number of aliphatic hydroxyl groups excluding tert-OH is 1. The SMILES string of the molecule is C[C@@H]1CC2CC[C@H](F)C3=CC(=O)C=C[C@]3(C)[C@@](C)(F)[C@@H](O)C[C@]2(C)[C@@]1(OC(=O)c1ccco1)C(=O)O. The lowest BCUT2D eigenvalue weighted by molar-refractivity contribution is -0.188. The van der Waals surface area contributed by atoms with Crippen molar-refractivity contribution >= 4 is 17.7 Å². The standard InChI is InChI=1S/C27H32F2O7/c1-15-12-16-7-8-19(28)18-13-17(30)9-10-24(18,2)26(4,29)21(31)14-25(16,3)27(15,23(33)34)36-22(32)20-6-5-11-35-20/h5-6,9-11,13,15-16,19,21,31H,7-8,12,14H2,1-4H3,(H,33,34)/t15-,16?,19+,21+,24+,25+,26+,27+/m1/s1. The molecular formula is C27H32F2O7. The molecule has 0 bridgehead atoms. The van der Waals surface area contributed by atoms with Gasteiger partial charge in [-0.05, 0) is 75.3 Å². The highest BCUT2D eigenvalue weighted by atomic mass is 19.1. The van der Waals surface area contributed by atoms with E-state index < -0.39 is 63.9 Å². The second-order valence-electron chi connectivity index (χ2n) is 11.0. The van der Waals surface area contributed by atoms with Crippen LogP contribution in [0.15, 0.2) is 46.6 Å². The van der Waals surface area contributed by atoms with Crippen molar-refractivity contribution in [3.05, 3.63) is 48.0 Å². The Hall–Kier alpha value is -2.81. The minimum atomic E-state index is -2.48. The molecule has 196 valence electrons. The third kappa shape index (κ3) is 3.57. The van der Waals surface area contributed by atoms with Crippen molar-refractivity contribution in [1.82, 2.24) is 0 Å². The summed E-state index contributed by atoms with van der Waals surface area (Å²) in [6.45, 7) is 5.75. The van der Waals surface area contributed by atoms with E-state index in [2.05, 4.69) is 0 Å². The van der Waals surface area contributed by atoms with Gasteiger partial charge in [0.1, 0.15) is 11.8 Å². The molecule has 2 fully saturated rings. The van der Waals surface area contributed by atoms with Gasteiger partial charge in [0.25, 0.3) is 0 Å². The van der Waals surface area contributed by atoms with Crippen LogP contribution < -0.4 is 0 Å². The van der Waals surface area contributed by atoms with E-state index in [4.69, 9.17) is 9.15 Å². The van der Waals surface area contributed by atoms with Gasteiger partial charge in [0, 0.05) is 16.7 Å². The van der Waals surface area contributed by atoms with E-state index in [9.17, 15) is 24.6 Å². The second-order valence-corrected chi connectivity index (χ2v) is 11.0. The molecule has 36 heavy (non-hydrogen) atoms.